The number of carbonyl (C=O) groups excluding carboxylic acids is 3. The molecule has 1 aliphatic rings. The number of amides is 1. The van der Waals surface area contributed by atoms with Crippen LogP contribution in [0.4, 0.5) is 0 Å². The number of carbonyl (C=O) groups is 3. The molecule has 0 unspecified atom stereocenters. The Morgan fingerprint density at radius 3 is 2.69 bits per heavy atom. The monoisotopic (exact) mass is 393 g/mol. The topological polar surface area (TPSA) is 76.8 Å². The summed E-state index contributed by atoms with van der Waals surface area (Å²) in [7, 11) is 0. The zero-order valence-electron chi connectivity index (χ0n) is 13.9. The molecule has 0 radical (unpaired) electrons. The summed E-state index contributed by atoms with van der Waals surface area (Å²) in [4.78, 5) is 38.1. The second kappa shape index (κ2) is 7.97. The van der Waals surface area contributed by atoms with E-state index < -0.39 is 24.4 Å². The van der Waals surface area contributed by atoms with Gasteiger partial charge in [-0.1, -0.05) is 23.7 Å². The molecule has 26 heavy (non-hydrogen) atoms. The molecule has 2 heterocycles. The SMILES string of the molecule is CC(=O)N1[C@@H](c2ccco2)SC[C@H]1C(=O)OCC(=O)c1ccccc1Cl. The Morgan fingerprint density at radius 1 is 1.27 bits per heavy atom. The second-order valence-electron chi connectivity index (χ2n) is 5.65. The Hall–Kier alpha value is -2.25. The van der Waals surface area contributed by atoms with Crippen LogP contribution in [0.1, 0.15) is 28.4 Å². The zero-order chi connectivity index (χ0) is 18.7. The van der Waals surface area contributed by atoms with E-state index >= 15 is 0 Å². The van der Waals surface area contributed by atoms with Crippen molar-refractivity contribution in [3.8, 4) is 0 Å². The van der Waals surface area contributed by atoms with Crippen molar-refractivity contribution in [1.82, 2.24) is 4.90 Å². The maximum atomic E-state index is 12.5. The lowest BCUT2D eigenvalue weighted by Gasteiger charge is -2.25. The average molecular weight is 394 g/mol. The summed E-state index contributed by atoms with van der Waals surface area (Å²) in [6.45, 7) is 0.956. The summed E-state index contributed by atoms with van der Waals surface area (Å²) in [5.74, 6) is -0.332. The lowest BCUT2D eigenvalue weighted by Crippen LogP contribution is -2.43. The molecule has 1 aromatic heterocycles. The van der Waals surface area contributed by atoms with Gasteiger partial charge in [0.1, 0.15) is 17.2 Å². The molecule has 136 valence electrons. The summed E-state index contributed by atoms with van der Waals surface area (Å²) in [5, 5.41) is -0.0902. The van der Waals surface area contributed by atoms with Gasteiger partial charge in [-0.25, -0.2) is 4.79 Å². The van der Waals surface area contributed by atoms with Gasteiger partial charge in [0.2, 0.25) is 11.7 Å². The van der Waals surface area contributed by atoms with Crippen molar-refractivity contribution in [3.05, 3.63) is 59.0 Å². The van der Waals surface area contributed by atoms with Crippen LogP contribution in [0.2, 0.25) is 5.02 Å². The van der Waals surface area contributed by atoms with Crippen LogP contribution in [0.25, 0.3) is 0 Å². The second-order valence-corrected chi connectivity index (χ2v) is 7.17. The van der Waals surface area contributed by atoms with E-state index in [2.05, 4.69) is 0 Å². The first kappa shape index (κ1) is 18.5. The molecule has 0 saturated carbocycles. The zero-order valence-corrected chi connectivity index (χ0v) is 15.5. The van der Waals surface area contributed by atoms with E-state index in [-0.39, 0.29) is 11.3 Å². The highest BCUT2D eigenvalue weighted by molar-refractivity contribution is 7.99. The maximum absolute atomic E-state index is 12.5. The summed E-state index contributed by atoms with van der Waals surface area (Å²) in [5.41, 5.74) is 0.291. The van der Waals surface area contributed by atoms with Crippen molar-refractivity contribution in [1.29, 1.82) is 0 Å². The third-order valence-corrected chi connectivity index (χ3v) is 5.56. The lowest BCUT2D eigenvalue weighted by molar-refractivity contribution is -0.152. The first-order chi connectivity index (χ1) is 12.5. The van der Waals surface area contributed by atoms with Crippen molar-refractivity contribution in [2.45, 2.75) is 18.3 Å². The summed E-state index contributed by atoms with van der Waals surface area (Å²) in [6.07, 6.45) is 1.52. The van der Waals surface area contributed by atoms with Crippen LogP contribution in [-0.2, 0) is 14.3 Å². The number of nitrogens with zero attached hydrogens (tertiary/aromatic N) is 1. The van der Waals surface area contributed by atoms with E-state index in [1.807, 2.05) is 0 Å². The van der Waals surface area contributed by atoms with Crippen LogP contribution in [0.3, 0.4) is 0 Å². The Balaban J connectivity index is 1.66. The Morgan fingerprint density at radius 2 is 2.04 bits per heavy atom. The molecule has 3 rings (SSSR count). The number of hydrogen-bond donors (Lipinski definition) is 0. The molecule has 1 amide bonds. The maximum Gasteiger partial charge on any atom is 0.330 e. The van der Waals surface area contributed by atoms with Crippen LogP contribution in [0.5, 0.6) is 0 Å². The molecule has 1 aliphatic heterocycles. The van der Waals surface area contributed by atoms with Gasteiger partial charge >= 0.3 is 5.97 Å². The number of furan rings is 1. The summed E-state index contributed by atoms with van der Waals surface area (Å²) in [6, 6.07) is 9.26. The Labute approximate surface area is 159 Å². The molecule has 0 spiro atoms. The number of ketones is 1. The standard InChI is InChI=1S/C18H16ClNO5S/c1-11(21)20-14(10-26-17(20)16-7-4-8-24-16)18(23)25-9-15(22)12-5-2-3-6-13(12)19/h2-8,14,17H,9-10H2,1H3/t14-,17+/m0/s1. The van der Waals surface area contributed by atoms with Crippen LogP contribution >= 0.6 is 23.4 Å². The minimum Gasteiger partial charge on any atom is -0.466 e. The van der Waals surface area contributed by atoms with Crippen molar-refractivity contribution in [2.24, 2.45) is 0 Å². The first-order valence-electron chi connectivity index (χ1n) is 7.87. The number of rotatable bonds is 5. The molecule has 0 aliphatic carbocycles. The highest BCUT2D eigenvalue weighted by Crippen LogP contribution is 2.41. The van der Waals surface area contributed by atoms with Crippen molar-refractivity contribution in [2.75, 3.05) is 12.4 Å². The Kier molecular flexibility index (Phi) is 5.68. The van der Waals surface area contributed by atoms with Gasteiger partial charge in [-0.15, -0.1) is 11.8 Å². The predicted octanol–water partition coefficient (Wildman–Crippen LogP) is 3.32. The number of esters is 1. The van der Waals surface area contributed by atoms with Gasteiger partial charge in [-0.3, -0.25) is 9.59 Å². The molecule has 1 aromatic carbocycles. The number of ether oxygens (including phenoxy) is 1. The molecule has 8 heteroatoms. The van der Waals surface area contributed by atoms with E-state index in [0.717, 1.165) is 0 Å². The van der Waals surface area contributed by atoms with Gasteiger partial charge in [0.15, 0.2) is 6.61 Å². The van der Waals surface area contributed by atoms with Crippen LogP contribution in [0, 0.1) is 0 Å². The van der Waals surface area contributed by atoms with Crippen LogP contribution in [0.15, 0.2) is 47.1 Å². The minimum atomic E-state index is -0.772. The molecule has 2 atom stereocenters. The molecular formula is C18H16ClNO5S. The molecular weight excluding hydrogens is 378 g/mol. The van der Waals surface area contributed by atoms with Crippen molar-refractivity contribution < 1.29 is 23.5 Å². The van der Waals surface area contributed by atoms with E-state index in [0.29, 0.717) is 22.1 Å². The van der Waals surface area contributed by atoms with E-state index in [9.17, 15) is 14.4 Å². The van der Waals surface area contributed by atoms with E-state index in [4.69, 9.17) is 20.8 Å². The number of halogens is 1. The van der Waals surface area contributed by atoms with Gasteiger partial charge in [0, 0.05) is 18.2 Å². The van der Waals surface area contributed by atoms with Crippen LogP contribution < -0.4 is 0 Å². The fraction of sp³-hybridized carbons (Fsp3) is 0.278. The van der Waals surface area contributed by atoms with E-state index in [1.165, 1.54) is 29.8 Å². The molecule has 0 N–H and O–H groups in total. The fourth-order valence-corrected chi connectivity index (χ4v) is 4.38. The van der Waals surface area contributed by atoms with Crippen molar-refractivity contribution >= 4 is 41.0 Å². The van der Waals surface area contributed by atoms with Gasteiger partial charge in [-0.05, 0) is 24.3 Å². The molecule has 2 aromatic rings. The normalized spacial score (nSPS) is 19.4. The number of benzene rings is 1. The first-order valence-corrected chi connectivity index (χ1v) is 9.30. The van der Waals surface area contributed by atoms with Crippen LogP contribution in [-0.4, -0.2) is 41.0 Å². The predicted molar refractivity (Wildman–Crippen MR) is 97.0 cm³/mol. The summed E-state index contributed by atoms with van der Waals surface area (Å²) < 4.78 is 10.5. The van der Waals surface area contributed by atoms with Gasteiger partial charge in [-0.2, -0.15) is 0 Å². The van der Waals surface area contributed by atoms with Crippen molar-refractivity contribution in [3.63, 3.8) is 0 Å². The van der Waals surface area contributed by atoms with Gasteiger partial charge < -0.3 is 14.1 Å². The number of thioether (sulfide) groups is 1. The highest BCUT2D eigenvalue weighted by atomic mass is 35.5. The molecule has 0 bridgehead atoms. The third-order valence-electron chi connectivity index (χ3n) is 3.94. The minimum absolute atomic E-state index is 0.268. The average Bonchev–Trinajstić information content (AvgIpc) is 3.28. The largest absolute Gasteiger partial charge is 0.466 e. The highest BCUT2D eigenvalue weighted by Gasteiger charge is 2.43. The number of Topliss-reactive ketones (excluding diaryl/α,β-unsaturated/α-hetero) is 1. The van der Waals surface area contributed by atoms with Gasteiger partial charge in [0.05, 0.1) is 11.3 Å². The third kappa shape index (κ3) is 3.78. The summed E-state index contributed by atoms with van der Waals surface area (Å²) >= 11 is 7.39. The Bertz CT molecular complexity index is 823. The lowest BCUT2D eigenvalue weighted by atomic mass is 10.1. The van der Waals surface area contributed by atoms with Gasteiger partial charge in [0.25, 0.3) is 0 Å². The van der Waals surface area contributed by atoms with E-state index in [1.54, 1.807) is 36.4 Å². The quantitative estimate of drug-likeness (QED) is 0.573. The number of hydrogen-bond acceptors (Lipinski definition) is 6. The smallest absolute Gasteiger partial charge is 0.330 e. The molecule has 1 saturated heterocycles. The fourth-order valence-electron chi connectivity index (χ4n) is 2.72. The molecule has 6 nitrogen and oxygen atoms in total. The molecule has 1 fully saturated rings.